The molecule has 6 nitrogen and oxygen atoms in total. The van der Waals surface area contributed by atoms with Gasteiger partial charge in [-0.25, -0.2) is 4.98 Å². The molecule has 0 aliphatic heterocycles. The summed E-state index contributed by atoms with van der Waals surface area (Å²) < 4.78 is 7.40. The molecule has 0 aliphatic rings. The Kier molecular flexibility index (Phi) is 5.53. The fourth-order valence-corrected chi connectivity index (χ4v) is 2.89. The minimum absolute atomic E-state index is 0.107. The van der Waals surface area contributed by atoms with Crippen molar-refractivity contribution in [1.29, 1.82) is 0 Å². The predicted octanol–water partition coefficient (Wildman–Crippen LogP) is 3.36. The second kappa shape index (κ2) is 8.01. The summed E-state index contributed by atoms with van der Waals surface area (Å²) in [5.41, 5.74) is 1.44. The molecule has 0 radical (unpaired) electrons. The average Bonchev–Trinajstić information content (AvgIpc) is 3.32. The van der Waals surface area contributed by atoms with Gasteiger partial charge in [0.15, 0.2) is 0 Å². The Morgan fingerprint density at radius 3 is 2.85 bits per heavy atom. The van der Waals surface area contributed by atoms with Gasteiger partial charge in [0.25, 0.3) is 5.91 Å². The van der Waals surface area contributed by atoms with Gasteiger partial charge < -0.3 is 19.0 Å². The van der Waals surface area contributed by atoms with E-state index in [4.69, 9.17) is 4.42 Å². The number of rotatable bonds is 7. The van der Waals surface area contributed by atoms with E-state index in [0.717, 1.165) is 11.4 Å². The molecule has 2 heterocycles. The Bertz CT molecular complexity index is 853. The summed E-state index contributed by atoms with van der Waals surface area (Å²) in [5, 5.41) is 9.33. The van der Waals surface area contributed by atoms with Crippen LogP contribution in [0.5, 0.6) is 0 Å². The number of aliphatic hydroxyl groups is 1. The topological polar surface area (TPSA) is 71.5 Å². The third-order valence-electron chi connectivity index (χ3n) is 4.18. The summed E-state index contributed by atoms with van der Waals surface area (Å²) in [5.74, 6) is 1.35. The molecule has 0 saturated heterocycles. The molecule has 1 N–H and O–H groups in total. The molecule has 6 heteroatoms. The third kappa shape index (κ3) is 3.86. The molecule has 0 atom stereocenters. The van der Waals surface area contributed by atoms with Crippen LogP contribution in [0.25, 0.3) is 11.4 Å². The number of aromatic nitrogens is 2. The molecule has 0 spiro atoms. The third-order valence-corrected chi connectivity index (χ3v) is 4.18. The Labute approximate surface area is 152 Å². The van der Waals surface area contributed by atoms with Crippen molar-refractivity contribution in [3.63, 3.8) is 0 Å². The van der Waals surface area contributed by atoms with Gasteiger partial charge >= 0.3 is 0 Å². The van der Waals surface area contributed by atoms with Gasteiger partial charge in [0.05, 0.1) is 19.4 Å². The highest BCUT2D eigenvalue weighted by Gasteiger charge is 2.18. The van der Waals surface area contributed by atoms with Crippen molar-refractivity contribution >= 4 is 5.91 Å². The van der Waals surface area contributed by atoms with Gasteiger partial charge in [0, 0.05) is 36.1 Å². The van der Waals surface area contributed by atoms with Crippen molar-refractivity contribution in [3.05, 3.63) is 66.4 Å². The zero-order valence-electron chi connectivity index (χ0n) is 15.0. The van der Waals surface area contributed by atoms with Crippen LogP contribution >= 0.6 is 0 Å². The highest BCUT2D eigenvalue weighted by molar-refractivity contribution is 5.95. The molecule has 3 aromatic rings. The standard InChI is InChI=1S/C20H23N3O3/c1-15(2)23-9-8-21-19(23)16-5-3-6-17(13-16)20(25)22(10-11-24)14-18-7-4-12-26-18/h3-9,12-13,15,24H,10-11,14H2,1-2H3. The Hall–Kier alpha value is -2.86. The maximum Gasteiger partial charge on any atom is 0.254 e. The van der Waals surface area contributed by atoms with Crippen molar-refractivity contribution in [2.45, 2.75) is 26.4 Å². The molecule has 1 aromatic carbocycles. The van der Waals surface area contributed by atoms with Crippen LogP contribution in [0.1, 0.15) is 36.0 Å². The van der Waals surface area contributed by atoms with Gasteiger partial charge in [0.2, 0.25) is 0 Å². The van der Waals surface area contributed by atoms with Crippen molar-refractivity contribution in [2.75, 3.05) is 13.2 Å². The summed E-state index contributed by atoms with van der Waals surface area (Å²) in [6.07, 6.45) is 5.27. The number of hydrogen-bond donors (Lipinski definition) is 1. The van der Waals surface area contributed by atoms with Crippen molar-refractivity contribution in [1.82, 2.24) is 14.5 Å². The largest absolute Gasteiger partial charge is 0.467 e. The fraction of sp³-hybridized carbons (Fsp3) is 0.300. The summed E-state index contributed by atoms with van der Waals surface area (Å²) in [6.45, 7) is 4.63. The summed E-state index contributed by atoms with van der Waals surface area (Å²) in [4.78, 5) is 19.0. The van der Waals surface area contributed by atoms with Crippen molar-refractivity contribution < 1.29 is 14.3 Å². The quantitative estimate of drug-likeness (QED) is 0.707. The van der Waals surface area contributed by atoms with Crippen LogP contribution < -0.4 is 0 Å². The number of hydrogen-bond acceptors (Lipinski definition) is 4. The van der Waals surface area contributed by atoms with Crippen LogP contribution in [0, 0.1) is 0 Å². The van der Waals surface area contributed by atoms with Crippen LogP contribution in [0.4, 0.5) is 0 Å². The zero-order chi connectivity index (χ0) is 18.5. The van der Waals surface area contributed by atoms with Gasteiger partial charge in [0.1, 0.15) is 11.6 Å². The molecule has 0 aliphatic carbocycles. The second-order valence-electron chi connectivity index (χ2n) is 6.36. The number of amides is 1. The lowest BCUT2D eigenvalue weighted by Gasteiger charge is -2.21. The minimum Gasteiger partial charge on any atom is -0.467 e. The first kappa shape index (κ1) is 17.9. The van der Waals surface area contributed by atoms with E-state index < -0.39 is 0 Å². The fourth-order valence-electron chi connectivity index (χ4n) is 2.89. The monoisotopic (exact) mass is 353 g/mol. The molecule has 3 rings (SSSR count). The maximum absolute atomic E-state index is 12.9. The molecule has 0 bridgehead atoms. The molecular formula is C20H23N3O3. The number of nitrogens with zero attached hydrogens (tertiary/aromatic N) is 3. The molecule has 26 heavy (non-hydrogen) atoms. The predicted molar refractivity (Wildman–Crippen MR) is 98.6 cm³/mol. The average molecular weight is 353 g/mol. The molecule has 0 saturated carbocycles. The lowest BCUT2D eigenvalue weighted by atomic mass is 10.1. The van der Waals surface area contributed by atoms with E-state index in [-0.39, 0.29) is 25.1 Å². The lowest BCUT2D eigenvalue weighted by Crippen LogP contribution is -2.33. The molecule has 136 valence electrons. The second-order valence-corrected chi connectivity index (χ2v) is 6.36. The lowest BCUT2D eigenvalue weighted by molar-refractivity contribution is 0.0695. The molecule has 2 aromatic heterocycles. The number of aliphatic hydroxyl groups excluding tert-OH is 1. The number of benzene rings is 1. The Balaban J connectivity index is 1.88. The first-order valence-corrected chi connectivity index (χ1v) is 8.66. The van der Waals surface area contributed by atoms with Crippen molar-refractivity contribution in [2.24, 2.45) is 0 Å². The molecule has 0 fully saturated rings. The molecular weight excluding hydrogens is 330 g/mol. The van der Waals surface area contributed by atoms with Gasteiger partial charge in [-0.3, -0.25) is 4.79 Å². The molecule has 0 unspecified atom stereocenters. The number of carbonyl (C=O) groups excluding carboxylic acids is 1. The highest BCUT2D eigenvalue weighted by Crippen LogP contribution is 2.23. The van der Waals surface area contributed by atoms with E-state index in [0.29, 0.717) is 17.9 Å². The SMILES string of the molecule is CC(C)n1ccnc1-c1cccc(C(=O)N(CCO)Cc2ccco2)c1. The highest BCUT2D eigenvalue weighted by atomic mass is 16.3. The van der Waals surface area contributed by atoms with Gasteiger partial charge in [-0.1, -0.05) is 12.1 Å². The number of furan rings is 1. The number of imidazole rings is 1. The van der Waals surface area contributed by atoms with Gasteiger partial charge in [-0.05, 0) is 38.1 Å². The van der Waals surface area contributed by atoms with Crippen LogP contribution in [0.3, 0.4) is 0 Å². The Morgan fingerprint density at radius 1 is 1.31 bits per heavy atom. The van der Waals surface area contributed by atoms with Crippen LogP contribution in [0.2, 0.25) is 0 Å². The van der Waals surface area contributed by atoms with Gasteiger partial charge in [-0.2, -0.15) is 0 Å². The summed E-state index contributed by atoms with van der Waals surface area (Å²) in [7, 11) is 0. The van der Waals surface area contributed by atoms with E-state index in [1.165, 1.54) is 0 Å². The van der Waals surface area contributed by atoms with Crippen LogP contribution in [-0.2, 0) is 6.54 Å². The molecule has 1 amide bonds. The van der Waals surface area contributed by atoms with E-state index in [1.54, 1.807) is 29.5 Å². The number of carbonyl (C=O) groups is 1. The zero-order valence-corrected chi connectivity index (χ0v) is 15.0. The smallest absolute Gasteiger partial charge is 0.254 e. The summed E-state index contributed by atoms with van der Waals surface area (Å²) >= 11 is 0. The van der Waals surface area contributed by atoms with Crippen LogP contribution in [0.15, 0.2) is 59.5 Å². The van der Waals surface area contributed by atoms with E-state index in [1.807, 2.05) is 30.5 Å². The Morgan fingerprint density at radius 2 is 2.15 bits per heavy atom. The summed E-state index contributed by atoms with van der Waals surface area (Å²) in [6, 6.07) is 11.3. The first-order chi connectivity index (χ1) is 12.6. The normalized spacial score (nSPS) is 11.1. The maximum atomic E-state index is 12.9. The minimum atomic E-state index is -0.153. The van der Waals surface area contributed by atoms with Gasteiger partial charge in [-0.15, -0.1) is 0 Å². The van der Waals surface area contributed by atoms with E-state index in [2.05, 4.69) is 23.4 Å². The first-order valence-electron chi connectivity index (χ1n) is 8.66. The van der Waals surface area contributed by atoms with Crippen molar-refractivity contribution in [3.8, 4) is 11.4 Å². The van der Waals surface area contributed by atoms with E-state index in [9.17, 15) is 9.90 Å². The van der Waals surface area contributed by atoms with E-state index >= 15 is 0 Å². The van der Waals surface area contributed by atoms with Crippen LogP contribution in [-0.4, -0.2) is 38.6 Å².